The van der Waals surface area contributed by atoms with Crippen LogP contribution in [0.5, 0.6) is 11.5 Å². The number of fused-ring (bicyclic) bond motifs is 2. The molecule has 1 aromatic heterocycles. The van der Waals surface area contributed by atoms with Crippen LogP contribution in [-0.2, 0) is 6.54 Å². The molecule has 0 saturated heterocycles. The number of ketones is 1. The van der Waals surface area contributed by atoms with Crippen molar-refractivity contribution in [1.82, 2.24) is 4.57 Å². The summed E-state index contributed by atoms with van der Waals surface area (Å²) in [6.07, 6.45) is 3.81. The fourth-order valence-corrected chi connectivity index (χ4v) is 3.28. The lowest BCUT2D eigenvalue weighted by molar-refractivity contribution is 0.101. The summed E-state index contributed by atoms with van der Waals surface area (Å²) in [5, 5.41) is 10.8. The molecular formula is C20H17NO3. The van der Waals surface area contributed by atoms with Gasteiger partial charge in [0.05, 0.1) is 5.56 Å². The maximum atomic E-state index is 12.7. The van der Waals surface area contributed by atoms with Crippen LogP contribution in [0, 0.1) is 6.92 Å². The minimum absolute atomic E-state index is 0.0999. The number of carbonyl (C=O) groups is 1. The first-order valence-electron chi connectivity index (χ1n) is 7.94. The van der Waals surface area contributed by atoms with Gasteiger partial charge in [0.2, 0.25) is 5.78 Å². The van der Waals surface area contributed by atoms with Crippen LogP contribution in [0.2, 0.25) is 0 Å². The van der Waals surface area contributed by atoms with Crippen molar-refractivity contribution in [1.29, 1.82) is 0 Å². The lowest BCUT2D eigenvalue weighted by Gasteiger charge is -2.00. The van der Waals surface area contributed by atoms with Gasteiger partial charge < -0.3 is 14.4 Å². The SMILES string of the molecule is CCn1cc(/C=C2\Oc3cc(O)cc(C)c3C2=O)c2ccccc21. The summed E-state index contributed by atoms with van der Waals surface area (Å²) in [7, 11) is 0. The van der Waals surface area contributed by atoms with E-state index in [0.29, 0.717) is 11.3 Å². The predicted molar refractivity (Wildman–Crippen MR) is 93.4 cm³/mol. The van der Waals surface area contributed by atoms with E-state index in [1.165, 1.54) is 6.07 Å². The molecular weight excluding hydrogens is 302 g/mol. The Morgan fingerprint density at radius 1 is 1.25 bits per heavy atom. The van der Waals surface area contributed by atoms with Crippen molar-refractivity contribution in [3.05, 3.63) is 65.0 Å². The van der Waals surface area contributed by atoms with Crippen LogP contribution in [-0.4, -0.2) is 15.5 Å². The average molecular weight is 319 g/mol. The molecule has 0 atom stereocenters. The van der Waals surface area contributed by atoms with Crippen molar-refractivity contribution in [2.24, 2.45) is 0 Å². The molecule has 3 aromatic rings. The lowest BCUT2D eigenvalue weighted by atomic mass is 10.0. The van der Waals surface area contributed by atoms with Gasteiger partial charge in [-0.2, -0.15) is 0 Å². The Labute approximate surface area is 139 Å². The minimum Gasteiger partial charge on any atom is -0.508 e. The third kappa shape index (κ3) is 2.11. The molecule has 4 heteroatoms. The van der Waals surface area contributed by atoms with E-state index in [1.807, 2.05) is 24.4 Å². The van der Waals surface area contributed by atoms with Crippen LogP contribution < -0.4 is 4.74 Å². The van der Waals surface area contributed by atoms with Crippen molar-refractivity contribution in [3.8, 4) is 11.5 Å². The molecule has 1 aliphatic rings. The number of Topliss-reactive ketones (excluding diaryl/α,β-unsaturated/α-hetero) is 1. The van der Waals surface area contributed by atoms with Gasteiger partial charge >= 0.3 is 0 Å². The number of allylic oxidation sites excluding steroid dienone is 1. The maximum absolute atomic E-state index is 12.7. The van der Waals surface area contributed by atoms with Crippen molar-refractivity contribution in [2.45, 2.75) is 20.4 Å². The molecule has 1 aliphatic heterocycles. The number of aromatic nitrogens is 1. The first-order valence-corrected chi connectivity index (χ1v) is 7.94. The van der Waals surface area contributed by atoms with Gasteiger partial charge in [-0.15, -0.1) is 0 Å². The van der Waals surface area contributed by atoms with E-state index in [4.69, 9.17) is 4.74 Å². The minimum atomic E-state index is -0.143. The topological polar surface area (TPSA) is 51.5 Å². The van der Waals surface area contributed by atoms with Gasteiger partial charge in [-0.05, 0) is 37.6 Å². The normalized spacial score (nSPS) is 15.1. The first kappa shape index (κ1) is 14.6. The highest BCUT2D eigenvalue weighted by Gasteiger charge is 2.30. The summed E-state index contributed by atoms with van der Waals surface area (Å²) in [4.78, 5) is 12.7. The van der Waals surface area contributed by atoms with Crippen LogP contribution in [0.15, 0.2) is 48.4 Å². The van der Waals surface area contributed by atoms with Gasteiger partial charge in [0, 0.05) is 35.3 Å². The first-order chi connectivity index (χ1) is 11.6. The number of phenolic OH excluding ortho intramolecular Hbond substituents is 1. The number of hydrogen-bond donors (Lipinski definition) is 1. The van der Waals surface area contributed by atoms with Crippen molar-refractivity contribution in [3.63, 3.8) is 0 Å². The fraction of sp³-hybridized carbons (Fsp3) is 0.150. The number of benzene rings is 2. The van der Waals surface area contributed by atoms with Crippen molar-refractivity contribution < 1.29 is 14.6 Å². The second kappa shape index (κ2) is 5.27. The van der Waals surface area contributed by atoms with Gasteiger partial charge in [0.25, 0.3) is 0 Å². The third-order valence-corrected chi connectivity index (χ3v) is 4.40. The van der Waals surface area contributed by atoms with Crippen LogP contribution in [0.4, 0.5) is 0 Å². The number of ether oxygens (including phenoxy) is 1. The smallest absolute Gasteiger partial charge is 0.232 e. The van der Waals surface area contributed by atoms with E-state index in [9.17, 15) is 9.90 Å². The van der Waals surface area contributed by atoms with E-state index in [-0.39, 0.29) is 17.3 Å². The number of para-hydroxylation sites is 1. The molecule has 0 radical (unpaired) electrons. The highest BCUT2D eigenvalue weighted by Crippen LogP contribution is 2.37. The highest BCUT2D eigenvalue weighted by atomic mass is 16.5. The summed E-state index contributed by atoms with van der Waals surface area (Å²) >= 11 is 0. The summed E-state index contributed by atoms with van der Waals surface area (Å²) in [5.41, 5.74) is 3.32. The molecule has 0 saturated carbocycles. The number of phenols is 1. The predicted octanol–water partition coefficient (Wildman–Crippen LogP) is 4.29. The molecule has 120 valence electrons. The Morgan fingerprint density at radius 2 is 2.04 bits per heavy atom. The lowest BCUT2D eigenvalue weighted by Crippen LogP contribution is -1.99. The third-order valence-electron chi connectivity index (χ3n) is 4.40. The second-order valence-electron chi connectivity index (χ2n) is 5.96. The van der Waals surface area contributed by atoms with Crippen LogP contribution in [0.3, 0.4) is 0 Å². The van der Waals surface area contributed by atoms with E-state index in [2.05, 4.69) is 17.6 Å². The van der Waals surface area contributed by atoms with Crippen molar-refractivity contribution >= 4 is 22.8 Å². The molecule has 0 amide bonds. The number of carbonyl (C=O) groups excluding carboxylic acids is 1. The van der Waals surface area contributed by atoms with Gasteiger partial charge in [-0.3, -0.25) is 4.79 Å². The number of nitrogens with zero attached hydrogens (tertiary/aromatic N) is 1. The van der Waals surface area contributed by atoms with Crippen LogP contribution >= 0.6 is 0 Å². The zero-order valence-electron chi connectivity index (χ0n) is 13.5. The number of hydrogen-bond acceptors (Lipinski definition) is 3. The van der Waals surface area contributed by atoms with Crippen LogP contribution in [0.25, 0.3) is 17.0 Å². The largest absolute Gasteiger partial charge is 0.508 e. The summed E-state index contributed by atoms with van der Waals surface area (Å²) in [6.45, 7) is 4.74. The fourth-order valence-electron chi connectivity index (χ4n) is 3.28. The molecule has 1 N–H and O–H groups in total. The standard InChI is InChI=1S/C20H17NO3/c1-3-21-11-13(15-6-4-5-7-16(15)21)9-18-20(23)19-12(2)8-14(22)10-17(19)24-18/h4-11,22H,3H2,1-2H3/b18-9-. The van der Waals surface area contributed by atoms with Gasteiger partial charge in [-0.25, -0.2) is 0 Å². The monoisotopic (exact) mass is 319 g/mol. The maximum Gasteiger partial charge on any atom is 0.232 e. The molecule has 0 fully saturated rings. The molecule has 4 nitrogen and oxygen atoms in total. The van der Waals surface area contributed by atoms with E-state index in [1.54, 1.807) is 19.1 Å². The number of rotatable bonds is 2. The average Bonchev–Trinajstić information content (AvgIpc) is 3.06. The molecule has 0 unspecified atom stereocenters. The Bertz CT molecular complexity index is 1010. The molecule has 0 bridgehead atoms. The molecule has 2 heterocycles. The van der Waals surface area contributed by atoms with E-state index in [0.717, 1.165) is 28.6 Å². The molecule has 0 spiro atoms. The molecule has 2 aromatic carbocycles. The second-order valence-corrected chi connectivity index (χ2v) is 5.96. The number of aromatic hydroxyl groups is 1. The highest BCUT2D eigenvalue weighted by molar-refractivity contribution is 6.16. The van der Waals surface area contributed by atoms with Crippen LogP contribution in [0.1, 0.15) is 28.4 Å². The Hall–Kier alpha value is -3.01. The summed E-state index contributed by atoms with van der Waals surface area (Å²) < 4.78 is 7.86. The Morgan fingerprint density at radius 3 is 2.83 bits per heavy atom. The summed E-state index contributed by atoms with van der Waals surface area (Å²) in [6, 6.07) is 11.2. The summed E-state index contributed by atoms with van der Waals surface area (Å²) in [5.74, 6) is 0.666. The quantitative estimate of drug-likeness (QED) is 0.717. The van der Waals surface area contributed by atoms with Gasteiger partial charge in [0.15, 0.2) is 5.76 Å². The molecule has 24 heavy (non-hydrogen) atoms. The van der Waals surface area contributed by atoms with Crippen molar-refractivity contribution in [2.75, 3.05) is 0 Å². The van der Waals surface area contributed by atoms with Gasteiger partial charge in [0.1, 0.15) is 11.5 Å². The molecule has 4 rings (SSSR count). The van der Waals surface area contributed by atoms with Gasteiger partial charge in [-0.1, -0.05) is 18.2 Å². The zero-order chi connectivity index (χ0) is 16.8. The number of aryl methyl sites for hydroxylation is 2. The van der Waals surface area contributed by atoms with E-state index < -0.39 is 0 Å². The Balaban J connectivity index is 1.84. The molecule has 0 aliphatic carbocycles. The Kier molecular flexibility index (Phi) is 3.20. The zero-order valence-corrected chi connectivity index (χ0v) is 13.5. The van der Waals surface area contributed by atoms with E-state index >= 15 is 0 Å².